The lowest BCUT2D eigenvalue weighted by molar-refractivity contribution is 0.0613. The van der Waals surface area contributed by atoms with Crippen molar-refractivity contribution >= 4 is 5.91 Å². The number of aromatic amines is 1. The van der Waals surface area contributed by atoms with Crippen LogP contribution in [0.4, 0.5) is 0 Å². The standard InChI is InChI=1S/C19H26N6O3/c26-19(14-6-7-20-23-14)21-15-10-27-18-16(11-28-17(15)18)25-9-13(22-24-25)8-12-4-2-1-3-5-12/h6-7,9,12,15-18H,1-5,8,10-11H2,(H,20,23)(H,21,26)/t15-,16-,17+,18+/m0/s1. The van der Waals surface area contributed by atoms with Gasteiger partial charge in [0, 0.05) is 12.4 Å². The van der Waals surface area contributed by atoms with E-state index in [0.717, 1.165) is 18.0 Å². The largest absolute Gasteiger partial charge is 0.371 e. The highest BCUT2D eigenvalue weighted by molar-refractivity contribution is 5.92. The first-order valence-electron chi connectivity index (χ1n) is 10.2. The molecular weight excluding hydrogens is 360 g/mol. The highest BCUT2D eigenvalue weighted by Crippen LogP contribution is 2.34. The predicted octanol–water partition coefficient (Wildman–Crippen LogP) is 1.26. The molecule has 2 saturated heterocycles. The Hall–Kier alpha value is -2.26. The molecule has 1 aliphatic carbocycles. The number of nitrogens with zero attached hydrogens (tertiary/aromatic N) is 4. The number of hydrogen-bond acceptors (Lipinski definition) is 6. The summed E-state index contributed by atoms with van der Waals surface area (Å²) in [7, 11) is 0. The van der Waals surface area contributed by atoms with Crippen molar-refractivity contribution in [3.8, 4) is 0 Å². The summed E-state index contributed by atoms with van der Waals surface area (Å²) in [5, 5.41) is 18.2. The molecular formula is C19H26N6O3. The van der Waals surface area contributed by atoms with Gasteiger partial charge in [0.2, 0.25) is 0 Å². The molecule has 0 unspecified atom stereocenters. The number of carbonyl (C=O) groups excluding carboxylic acids is 1. The molecule has 0 radical (unpaired) electrons. The third-order valence-corrected chi connectivity index (χ3v) is 6.21. The molecule has 1 saturated carbocycles. The fourth-order valence-electron chi connectivity index (χ4n) is 4.71. The summed E-state index contributed by atoms with van der Waals surface area (Å²) < 4.78 is 13.9. The van der Waals surface area contributed by atoms with Crippen molar-refractivity contribution in [1.29, 1.82) is 0 Å². The van der Waals surface area contributed by atoms with E-state index in [2.05, 4.69) is 25.8 Å². The summed E-state index contributed by atoms with van der Waals surface area (Å²) in [5.41, 5.74) is 1.49. The van der Waals surface area contributed by atoms with Crippen molar-refractivity contribution in [3.63, 3.8) is 0 Å². The highest BCUT2D eigenvalue weighted by Gasteiger charge is 2.49. The molecule has 9 heteroatoms. The lowest BCUT2D eigenvalue weighted by Gasteiger charge is -2.20. The number of hydrogen-bond donors (Lipinski definition) is 2. The van der Waals surface area contributed by atoms with E-state index in [1.165, 1.54) is 32.1 Å². The second kappa shape index (κ2) is 7.63. The maximum atomic E-state index is 12.3. The summed E-state index contributed by atoms with van der Waals surface area (Å²) >= 11 is 0. The predicted molar refractivity (Wildman–Crippen MR) is 98.7 cm³/mol. The van der Waals surface area contributed by atoms with Gasteiger partial charge in [-0.1, -0.05) is 37.3 Å². The summed E-state index contributed by atoms with van der Waals surface area (Å²) in [5.74, 6) is 0.533. The lowest BCUT2D eigenvalue weighted by atomic mass is 9.86. The van der Waals surface area contributed by atoms with Gasteiger partial charge in [0.25, 0.3) is 5.91 Å². The van der Waals surface area contributed by atoms with Crippen LogP contribution in [0.2, 0.25) is 0 Å². The first kappa shape index (κ1) is 17.8. The molecule has 5 rings (SSSR count). The Bertz CT molecular complexity index is 800. The van der Waals surface area contributed by atoms with Gasteiger partial charge in [-0.2, -0.15) is 5.10 Å². The van der Waals surface area contributed by atoms with Gasteiger partial charge in [-0.25, -0.2) is 4.68 Å². The Balaban J connectivity index is 1.21. The first-order chi connectivity index (χ1) is 13.8. The van der Waals surface area contributed by atoms with Gasteiger partial charge in [0.15, 0.2) is 0 Å². The normalized spacial score (nSPS) is 30.4. The summed E-state index contributed by atoms with van der Waals surface area (Å²) in [6, 6.07) is 1.45. The Labute approximate surface area is 163 Å². The second-order valence-electron chi connectivity index (χ2n) is 8.11. The summed E-state index contributed by atoms with van der Waals surface area (Å²) in [6.07, 6.45) is 10.9. The van der Waals surface area contributed by atoms with Gasteiger partial charge in [-0.3, -0.25) is 9.89 Å². The van der Waals surface area contributed by atoms with Crippen molar-refractivity contribution in [3.05, 3.63) is 29.8 Å². The van der Waals surface area contributed by atoms with E-state index in [0.29, 0.717) is 18.9 Å². The number of H-pyrrole nitrogens is 1. The van der Waals surface area contributed by atoms with Crippen LogP contribution in [0.15, 0.2) is 18.5 Å². The van der Waals surface area contributed by atoms with Crippen LogP contribution in [0, 0.1) is 5.92 Å². The molecule has 4 heterocycles. The molecule has 0 aromatic carbocycles. The lowest BCUT2D eigenvalue weighted by Crippen LogP contribution is -2.44. The molecule has 2 aromatic rings. The summed E-state index contributed by atoms with van der Waals surface area (Å²) in [6.45, 7) is 0.938. The van der Waals surface area contributed by atoms with Crippen molar-refractivity contribution in [2.45, 2.75) is 62.8 Å². The van der Waals surface area contributed by atoms with E-state index in [1.807, 2.05) is 10.9 Å². The maximum Gasteiger partial charge on any atom is 0.269 e. The van der Waals surface area contributed by atoms with Crippen LogP contribution in [0.5, 0.6) is 0 Å². The molecule has 1 amide bonds. The number of fused-ring (bicyclic) bond motifs is 1. The van der Waals surface area contributed by atoms with Gasteiger partial charge in [-0.15, -0.1) is 5.10 Å². The molecule has 150 valence electrons. The van der Waals surface area contributed by atoms with Crippen LogP contribution in [0.25, 0.3) is 0 Å². The van der Waals surface area contributed by atoms with E-state index in [-0.39, 0.29) is 30.2 Å². The van der Waals surface area contributed by atoms with Gasteiger partial charge in [-0.05, 0) is 18.4 Å². The maximum absolute atomic E-state index is 12.3. The number of rotatable bonds is 5. The molecule has 3 aliphatic rings. The Morgan fingerprint density at radius 1 is 1.21 bits per heavy atom. The van der Waals surface area contributed by atoms with Crippen LogP contribution in [0.1, 0.15) is 54.3 Å². The van der Waals surface area contributed by atoms with Crippen LogP contribution in [0.3, 0.4) is 0 Å². The van der Waals surface area contributed by atoms with Gasteiger partial charge in [0.1, 0.15) is 23.9 Å². The van der Waals surface area contributed by atoms with Crippen molar-refractivity contribution in [2.75, 3.05) is 13.2 Å². The molecule has 0 bridgehead atoms. The Kier molecular flexibility index (Phi) is 4.86. The fourth-order valence-corrected chi connectivity index (χ4v) is 4.71. The van der Waals surface area contributed by atoms with E-state index >= 15 is 0 Å². The third kappa shape index (κ3) is 3.44. The minimum absolute atomic E-state index is 0.00772. The van der Waals surface area contributed by atoms with Crippen LogP contribution in [-0.2, 0) is 15.9 Å². The highest BCUT2D eigenvalue weighted by atomic mass is 16.6. The number of amides is 1. The number of carbonyl (C=O) groups is 1. The average molecular weight is 386 g/mol. The van der Waals surface area contributed by atoms with E-state index in [1.54, 1.807) is 12.3 Å². The smallest absolute Gasteiger partial charge is 0.269 e. The number of ether oxygens (including phenoxy) is 2. The molecule has 2 aliphatic heterocycles. The third-order valence-electron chi connectivity index (χ3n) is 6.21. The second-order valence-corrected chi connectivity index (χ2v) is 8.11. The zero-order valence-corrected chi connectivity index (χ0v) is 15.8. The average Bonchev–Trinajstić information content (AvgIpc) is 3.49. The molecule has 3 fully saturated rings. The minimum atomic E-state index is -0.200. The van der Waals surface area contributed by atoms with E-state index in [4.69, 9.17) is 9.47 Å². The Morgan fingerprint density at radius 3 is 2.89 bits per heavy atom. The van der Waals surface area contributed by atoms with Gasteiger partial charge >= 0.3 is 0 Å². The van der Waals surface area contributed by atoms with E-state index in [9.17, 15) is 4.79 Å². The monoisotopic (exact) mass is 386 g/mol. The number of nitrogens with one attached hydrogen (secondary N) is 2. The summed E-state index contributed by atoms with van der Waals surface area (Å²) in [4.78, 5) is 12.3. The van der Waals surface area contributed by atoms with Crippen molar-refractivity contribution in [2.24, 2.45) is 5.92 Å². The molecule has 2 N–H and O–H groups in total. The van der Waals surface area contributed by atoms with Gasteiger partial charge in [0.05, 0.1) is 24.9 Å². The van der Waals surface area contributed by atoms with Crippen molar-refractivity contribution in [1.82, 2.24) is 30.5 Å². The zero-order chi connectivity index (χ0) is 18.9. The fraction of sp³-hybridized carbons (Fsp3) is 0.684. The zero-order valence-electron chi connectivity index (χ0n) is 15.8. The van der Waals surface area contributed by atoms with Crippen LogP contribution >= 0.6 is 0 Å². The molecule has 9 nitrogen and oxygen atoms in total. The molecule has 28 heavy (non-hydrogen) atoms. The number of aromatic nitrogens is 5. The molecule has 4 atom stereocenters. The van der Waals surface area contributed by atoms with Crippen LogP contribution < -0.4 is 5.32 Å². The minimum Gasteiger partial charge on any atom is -0.371 e. The SMILES string of the molecule is O=C(N[C@H]1CO[C@H]2[C@@H]1OC[C@@H]2n1cc(CC2CCCCC2)nn1)c1ccn[nH]1. The Morgan fingerprint density at radius 2 is 2.07 bits per heavy atom. The molecule has 0 spiro atoms. The first-order valence-corrected chi connectivity index (χ1v) is 10.2. The van der Waals surface area contributed by atoms with Gasteiger partial charge < -0.3 is 14.8 Å². The molecule has 2 aromatic heterocycles. The van der Waals surface area contributed by atoms with Crippen LogP contribution in [-0.4, -0.2) is 62.6 Å². The quantitative estimate of drug-likeness (QED) is 0.801. The van der Waals surface area contributed by atoms with E-state index < -0.39 is 0 Å². The topological polar surface area (TPSA) is 107 Å². The van der Waals surface area contributed by atoms with Crippen molar-refractivity contribution < 1.29 is 14.3 Å².